The molecule has 0 amide bonds. The Hall–Kier alpha value is -3.16. The molecule has 2 aromatic heterocycles. The van der Waals surface area contributed by atoms with Crippen LogP contribution < -0.4 is 10.9 Å². The number of hydrogen-bond donors (Lipinski definition) is 2. The van der Waals surface area contributed by atoms with E-state index >= 15 is 0 Å². The van der Waals surface area contributed by atoms with Gasteiger partial charge in [-0.2, -0.15) is 10.1 Å². The number of aromatic nitrogens is 4. The lowest BCUT2D eigenvalue weighted by molar-refractivity contribution is 0.311. The lowest BCUT2D eigenvalue weighted by Crippen LogP contribution is -2.28. The maximum absolute atomic E-state index is 12.5. The zero-order chi connectivity index (χ0) is 20.4. The Morgan fingerprint density at radius 3 is 2.55 bits per heavy atom. The molecular weight excluding hydrogens is 388 g/mol. The van der Waals surface area contributed by atoms with Crippen LogP contribution in [0, 0.1) is 0 Å². The van der Waals surface area contributed by atoms with E-state index in [1.54, 1.807) is 4.68 Å². The molecule has 0 saturated carbocycles. The minimum absolute atomic E-state index is 0.0762. The number of benzene rings is 2. The largest absolute Gasteiger partial charge is 0.354 e. The summed E-state index contributed by atoms with van der Waals surface area (Å²) in [6.45, 7) is 0.558. The van der Waals surface area contributed by atoms with Gasteiger partial charge in [-0.15, -0.1) is 0 Å². The van der Waals surface area contributed by atoms with Gasteiger partial charge in [0.05, 0.1) is 17.9 Å². The highest BCUT2D eigenvalue weighted by Gasteiger charge is 2.16. The topological polar surface area (TPSA) is 78.8 Å². The minimum Gasteiger partial charge on any atom is -0.354 e. The van der Waals surface area contributed by atoms with Crippen LogP contribution in [0.3, 0.4) is 0 Å². The van der Waals surface area contributed by atoms with E-state index in [1.807, 2.05) is 68.7 Å². The van der Waals surface area contributed by atoms with Gasteiger partial charge in [-0.05, 0) is 43.9 Å². The number of hydrogen-bond acceptors (Lipinski definition) is 5. The van der Waals surface area contributed by atoms with E-state index in [0.717, 1.165) is 11.3 Å². The number of rotatable bonds is 6. The zero-order valence-corrected chi connectivity index (χ0v) is 16.9. The van der Waals surface area contributed by atoms with Gasteiger partial charge in [0.2, 0.25) is 5.95 Å². The number of likely N-dealkylation sites (N-methyl/N-ethyl adjacent to an activating group) is 1. The highest BCUT2D eigenvalue weighted by atomic mass is 35.5. The molecule has 0 aliphatic rings. The third-order valence-corrected chi connectivity index (χ3v) is 5.03. The fraction of sp³-hybridized carbons (Fsp3) is 0.190. The van der Waals surface area contributed by atoms with Crippen LogP contribution in [0.5, 0.6) is 0 Å². The molecule has 4 rings (SSSR count). The third-order valence-electron chi connectivity index (χ3n) is 4.78. The van der Waals surface area contributed by atoms with Crippen molar-refractivity contribution >= 4 is 28.6 Å². The van der Waals surface area contributed by atoms with Crippen LogP contribution in [0.4, 0.5) is 5.95 Å². The van der Waals surface area contributed by atoms with E-state index in [1.165, 1.54) is 6.20 Å². The van der Waals surface area contributed by atoms with Gasteiger partial charge in [0.15, 0.2) is 5.65 Å². The number of nitrogens with zero attached hydrogens (tertiary/aromatic N) is 4. The zero-order valence-electron chi connectivity index (χ0n) is 16.1. The van der Waals surface area contributed by atoms with Gasteiger partial charge in [0.25, 0.3) is 5.56 Å². The maximum Gasteiger partial charge on any atom is 0.263 e. The number of anilines is 1. The predicted molar refractivity (Wildman–Crippen MR) is 116 cm³/mol. The third kappa shape index (κ3) is 4.01. The fourth-order valence-electron chi connectivity index (χ4n) is 3.24. The summed E-state index contributed by atoms with van der Waals surface area (Å²) >= 11 is 6.01. The molecule has 7 nitrogen and oxygen atoms in total. The van der Waals surface area contributed by atoms with Crippen molar-refractivity contribution in [2.75, 3.05) is 26.0 Å². The summed E-state index contributed by atoms with van der Waals surface area (Å²) in [5.74, 6) is 0.404. The van der Waals surface area contributed by atoms with Crippen molar-refractivity contribution < 1.29 is 0 Å². The van der Waals surface area contributed by atoms with E-state index < -0.39 is 0 Å². The summed E-state index contributed by atoms with van der Waals surface area (Å²) in [4.78, 5) is 22.0. The first kappa shape index (κ1) is 19.2. The summed E-state index contributed by atoms with van der Waals surface area (Å²) < 4.78 is 1.67. The second kappa shape index (κ2) is 8.06. The second-order valence-corrected chi connectivity index (χ2v) is 7.39. The maximum atomic E-state index is 12.5. The van der Waals surface area contributed by atoms with Gasteiger partial charge in [-0.1, -0.05) is 41.9 Å². The molecule has 2 heterocycles. The van der Waals surface area contributed by atoms with E-state index in [4.69, 9.17) is 11.6 Å². The molecule has 4 aromatic rings. The van der Waals surface area contributed by atoms with Crippen LogP contribution in [-0.4, -0.2) is 45.3 Å². The Bertz CT molecular complexity index is 1170. The van der Waals surface area contributed by atoms with Crippen LogP contribution in [-0.2, 0) is 0 Å². The number of aromatic amines is 1. The number of halogens is 1. The van der Waals surface area contributed by atoms with Gasteiger partial charge in [-0.3, -0.25) is 9.78 Å². The molecule has 2 aromatic carbocycles. The van der Waals surface area contributed by atoms with Crippen molar-refractivity contribution in [3.63, 3.8) is 0 Å². The van der Waals surface area contributed by atoms with E-state index in [-0.39, 0.29) is 11.6 Å². The molecule has 148 valence electrons. The molecule has 2 N–H and O–H groups in total. The van der Waals surface area contributed by atoms with Crippen molar-refractivity contribution in [3.8, 4) is 5.69 Å². The second-order valence-electron chi connectivity index (χ2n) is 6.96. The Balaban J connectivity index is 1.64. The Kier molecular flexibility index (Phi) is 5.33. The molecule has 0 bridgehead atoms. The standard InChI is InChI=1S/C21H21ClN6O/c1-27(2)18(14-8-10-15(22)11-9-14)13-23-21-25-19-17(20(29)26-21)12-24-28(19)16-6-4-3-5-7-16/h3-12,18H,13H2,1-2H3,(H2,23,25,26,29). The smallest absolute Gasteiger partial charge is 0.263 e. The highest BCUT2D eigenvalue weighted by Crippen LogP contribution is 2.21. The summed E-state index contributed by atoms with van der Waals surface area (Å²) in [6, 6.07) is 17.4. The Labute approximate surface area is 173 Å². The first-order valence-corrected chi connectivity index (χ1v) is 9.60. The molecule has 1 unspecified atom stereocenters. The van der Waals surface area contributed by atoms with E-state index in [0.29, 0.717) is 28.5 Å². The van der Waals surface area contributed by atoms with Crippen molar-refractivity contribution in [1.29, 1.82) is 0 Å². The number of para-hydroxylation sites is 1. The van der Waals surface area contributed by atoms with Gasteiger partial charge < -0.3 is 10.2 Å². The molecule has 0 saturated heterocycles. The van der Waals surface area contributed by atoms with E-state index in [2.05, 4.69) is 25.3 Å². The average molecular weight is 409 g/mol. The van der Waals surface area contributed by atoms with Gasteiger partial charge in [-0.25, -0.2) is 4.68 Å². The van der Waals surface area contributed by atoms with Crippen LogP contribution in [0.25, 0.3) is 16.7 Å². The van der Waals surface area contributed by atoms with Gasteiger partial charge >= 0.3 is 0 Å². The van der Waals surface area contributed by atoms with Crippen molar-refractivity contribution in [1.82, 2.24) is 24.6 Å². The summed E-state index contributed by atoms with van der Waals surface area (Å²) in [7, 11) is 4.01. The van der Waals surface area contributed by atoms with Gasteiger partial charge in [0, 0.05) is 11.6 Å². The van der Waals surface area contributed by atoms with Gasteiger partial charge in [0.1, 0.15) is 5.39 Å². The van der Waals surface area contributed by atoms with Crippen LogP contribution in [0.1, 0.15) is 11.6 Å². The molecule has 8 heteroatoms. The summed E-state index contributed by atoms with van der Waals surface area (Å²) in [6.07, 6.45) is 1.54. The lowest BCUT2D eigenvalue weighted by atomic mass is 10.1. The predicted octanol–water partition coefficient (Wildman–Crippen LogP) is 3.48. The Morgan fingerprint density at radius 1 is 1.14 bits per heavy atom. The number of fused-ring (bicyclic) bond motifs is 1. The van der Waals surface area contributed by atoms with Crippen molar-refractivity contribution in [2.45, 2.75) is 6.04 Å². The molecule has 0 aliphatic carbocycles. The summed E-state index contributed by atoms with van der Waals surface area (Å²) in [5.41, 5.74) is 2.24. The molecule has 0 fully saturated rings. The molecule has 0 radical (unpaired) electrons. The SMILES string of the molecule is CN(C)C(CNc1nc2c(cnn2-c2ccccc2)c(=O)[nH]1)c1ccc(Cl)cc1. The number of H-pyrrole nitrogens is 1. The highest BCUT2D eigenvalue weighted by molar-refractivity contribution is 6.30. The summed E-state index contributed by atoms with van der Waals surface area (Å²) in [5, 5.41) is 8.74. The molecule has 0 spiro atoms. The van der Waals surface area contributed by atoms with Crippen molar-refractivity contribution in [2.24, 2.45) is 0 Å². The first-order valence-electron chi connectivity index (χ1n) is 9.22. The lowest BCUT2D eigenvalue weighted by Gasteiger charge is -2.25. The first-order chi connectivity index (χ1) is 14.0. The van der Waals surface area contributed by atoms with Crippen LogP contribution >= 0.6 is 11.6 Å². The molecule has 1 atom stereocenters. The molecule has 29 heavy (non-hydrogen) atoms. The normalized spacial score (nSPS) is 12.4. The van der Waals surface area contributed by atoms with E-state index in [9.17, 15) is 4.79 Å². The average Bonchev–Trinajstić information content (AvgIpc) is 3.14. The Morgan fingerprint density at radius 2 is 1.86 bits per heavy atom. The molecule has 0 aliphatic heterocycles. The van der Waals surface area contributed by atoms with Crippen LogP contribution in [0.15, 0.2) is 65.6 Å². The molecular formula is C21H21ClN6O. The van der Waals surface area contributed by atoms with Crippen molar-refractivity contribution in [3.05, 3.63) is 81.7 Å². The fourth-order valence-corrected chi connectivity index (χ4v) is 3.36. The quantitative estimate of drug-likeness (QED) is 0.510. The minimum atomic E-state index is -0.229. The number of nitrogens with one attached hydrogen (secondary N) is 2. The van der Waals surface area contributed by atoms with Crippen LogP contribution in [0.2, 0.25) is 5.02 Å². The monoisotopic (exact) mass is 408 g/mol.